The number of rotatable bonds is 7. The largest absolute Gasteiger partial charge is 0.462 e. The number of esters is 1. The maximum atomic E-state index is 12.2. The molecule has 0 amide bonds. The number of benzene rings is 1. The van der Waals surface area contributed by atoms with Crippen molar-refractivity contribution in [2.75, 3.05) is 25.5 Å². The summed E-state index contributed by atoms with van der Waals surface area (Å²) in [5.74, 6) is -0.554. The van der Waals surface area contributed by atoms with Crippen LogP contribution in [0.5, 0.6) is 0 Å². The van der Waals surface area contributed by atoms with Gasteiger partial charge >= 0.3 is 5.97 Å². The second-order valence-corrected chi connectivity index (χ2v) is 7.13. The first kappa shape index (κ1) is 18.2. The molecule has 7 heteroatoms. The molecule has 130 valence electrons. The Morgan fingerprint density at radius 1 is 1.29 bits per heavy atom. The SMILES string of the molecule is CCOC(=O)c1cc(S(=O)(=O)NC)ccc1NCC1=CCCC=C1. The third kappa shape index (κ3) is 4.46. The van der Waals surface area contributed by atoms with E-state index in [1.54, 1.807) is 13.0 Å². The van der Waals surface area contributed by atoms with Gasteiger partial charge < -0.3 is 10.1 Å². The van der Waals surface area contributed by atoms with Crippen LogP contribution in [-0.2, 0) is 14.8 Å². The van der Waals surface area contributed by atoms with Crippen molar-refractivity contribution in [2.24, 2.45) is 0 Å². The third-order valence-electron chi connectivity index (χ3n) is 3.62. The number of nitrogens with one attached hydrogen (secondary N) is 2. The zero-order chi connectivity index (χ0) is 17.6. The molecule has 1 aromatic carbocycles. The fraction of sp³-hybridized carbons (Fsp3) is 0.353. The van der Waals surface area contributed by atoms with E-state index in [-0.39, 0.29) is 17.1 Å². The van der Waals surface area contributed by atoms with Gasteiger partial charge in [0.25, 0.3) is 0 Å². The average molecular weight is 350 g/mol. The van der Waals surface area contributed by atoms with E-state index in [2.05, 4.69) is 22.2 Å². The van der Waals surface area contributed by atoms with Crippen LogP contribution < -0.4 is 10.0 Å². The summed E-state index contributed by atoms with van der Waals surface area (Å²) in [5, 5.41) is 3.18. The molecule has 0 bridgehead atoms. The van der Waals surface area contributed by atoms with Gasteiger partial charge in [-0.05, 0) is 50.6 Å². The number of carbonyl (C=O) groups is 1. The lowest BCUT2D eigenvalue weighted by Gasteiger charge is -2.14. The van der Waals surface area contributed by atoms with Gasteiger partial charge in [-0.15, -0.1) is 0 Å². The molecule has 0 spiro atoms. The lowest BCUT2D eigenvalue weighted by Crippen LogP contribution is -2.20. The van der Waals surface area contributed by atoms with Crippen molar-refractivity contribution < 1.29 is 17.9 Å². The van der Waals surface area contributed by atoms with Crippen LogP contribution in [0, 0.1) is 0 Å². The van der Waals surface area contributed by atoms with Crippen molar-refractivity contribution in [3.05, 3.63) is 47.6 Å². The van der Waals surface area contributed by atoms with Crippen LogP contribution in [0.1, 0.15) is 30.1 Å². The third-order valence-corrected chi connectivity index (χ3v) is 5.03. The van der Waals surface area contributed by atoms with Gasteiger partial charge in [0.1, 0.15) is 0 Å². The first-order valence-electron chi connectivity index (χ1n) is 7.82. The normalized spacial score (nSPS) is 14.2. The minimum Gasteiger partial charge on any atom is -0.462 e. The van der Waals surface area contributed by atoms with E-state index in [9.17, 15) is 13.2 Å². The topological polar surface area (TPSA) is 84.5 Å². The Kier molecular flexibility index (Phi) is 6.16. The fourth-order valence-electron chi connectivity index (χ4n) is 2.34. The summed E-state index contributed by atoms with van der Waals surface area (Å²) in [6.45, 7) is 2.48. The summed E-state index contributed by atoms with van der Waals surface area (Å²) in [5.41, 5.74) is 1.87. The lowest BCUT2D eigenvalue weighted by atomic mass is 10.1. The molecule has 1 aliphatic rings. The Hall–Kier alpha value is -2.12. The van der Waals surface area contributed by atoms with E-state index in [1.807, 2.05) is 6.08 Å². The van der Waals surface area contributed by atoms with Crippen LogP contribution in [0.2, 0.25) is 0 Å². The molecular weight excluding hydrogens is 328 g/mol. The number of sulfonamides is 1. The van der Waals surface area contributed by atoms with Gasteiger partial charge in [0, 0.05) is 12.2 Å². The number of carbonyl (C=O) groups excluding carboxylic acids is 1. The molecule has 0 saturated heterocycles. The molecule has 6 nitrogen and oxygen atoms in total. The molecule has 0 fully saturated rings. The first-order chi connectivity index (χ1) is 11.5. The van der Waals surface area contributed by atoms with E-state index in [1.165, 1.54) is 19.2 Å². The van der Waals surface area contributed by atoms with Crippen molar-refractivity contribution in [1.82, 2.24) is 4.72 Å². The van der Waals surface area contributed by atoms with Crippen molar-refractivity contribution in [1.29, 1.82) is 0 Å². The zero-order valence-electron chi connectivity index (χ0n) is 13.8. The summed E-state index contributed by atoms with van der Waals surface area (Å²) in [6.07, 6.45) is 8.31. The fourth-order valence-corrected chi connectivity index (χ4v) is 3.09. The van der Waals surface area contributed by atoms with E-state index in [0.717, 1.165) is 18.4 Å². The van der Waals surface area contributed by atoms with Crippen LogP contribution in [0.15, 0.2) is 46.9 Å². The van der Waals surface area contributed by atoms with Crippen molar-refractivity contribution in [3.8, 4) is 0 Å². The molecule has 2 N–H and O–H groups in total. The molecule has 0 heterocycles. The minimum absolute atomic E-state index is 0.0235. The predicted octanol–water partition coefficient (Wildman–Crippen LogP) is 2.46. The Labute approximate surface area is 142 Å². The summed E-state index contributed by atoms with van der Waals surface area (Å²) in [4.78, 5) is 12.2. The number of allylic oxidation sites excluding steroid dienone is 2. The molecule has 0 aliphatic heterocycles. The molecule has 0 saturated carbocycles. The highest BCUT2D eigenvalue weighted by molar-refractivity contribution is 7.89. The average Bonchev–Trinajstić information content (AvgIpc) is 2.61. The molecule has 0 atom stereocenters. The monoisotopic (exact) mass is 350 g/mol. The maximum absolute atomic E-state index is 12.2. The molecule has 0 aromatic heterocycles. The molecule has 2 rings (SSSR count). The minimum atomic E-state index is -3.63. The van der Waals surface area contributed by atoms with Crippen molar-refractivity contribution >= 4 is 21.7 Å². The summed E-state index contributed by atoms with van der Waals surface area (Å²) >= 11 is 0. The molecule has 24 heavy (non-hydrogen) atoms. The lowest BCUT2D eigenvalue weighted by molar-refractivity contribution is 0.0527. The standard InChI is InChI=1S/C17H22N2O4S/c1-3-23-17(20)15-11-14(24(21,22)18-2)9-10-16(15)19-12-13-7-5-4-6-8-13/h5,7-11,18-19H,3-4,6,12H2,1-2H3. The first-order valence-corrected chi connectivity index (χ1v) is 9.30. The second kappa shape index (κ2) is 8.12. The highest BCUT2D eigenvalue weighted by Gasteiger charge is 2.19. The van der Waals surface area contributed by atoms with Crippen LogP contribution in [0.25, 0.3) is 0 Å². The highest BCUT2D eigenvalue weighted by atomic mass is 32.2. The van der Waals surface area contributed by atoms with Crippen LogP contribution in [0.3, 0.4) is 0 Å². The number of hydrogen-bond donors (Lipinski definition) is 2. The summed E-state index contributed by atoms with van der Waals surface area (Å²) < 4.78 is 31.2. The van der Waals surface area contributed by atoms with Gasteiger partial charge in [-0.2, -0.15) is 0 Å². The quantitative estimate of drug-likeness (QED) is 0.738. The molecule has 0 radical (unpaired) electrons. The van der Waals surface area contributed by atoms with Crippen molar-refractivity contribution in [2.45, 2.75) is 24.7 Å². The zero-order valence-corrected chi connectivity index (χ0v) is 14.7. The molecule has 1 aromatic rings. The molecule has 0 unspecified atom stereocenters. The second-order valence-electron chi connectivity index (χ2n) is 5.25. The molecule has 1 aliphatic carbocycles. The highest BCUT2D eigenvalue weighted by Crippen LogP contribution is 2.22. The van der Waals surface area contributed by atoms with Crippen LogP contribution in [-0.4, -0.2) is 34.6 Å². The van der Waals surface area contributed by atoms with Gasteiger partial charge in [-0.3, -0.25) is 0 Å². The van der Waals surface area contributed by atoms with E-state index in [0.29, 0.717) is 12.2 Å². The maximum Gasteiger partial charge on any atom is 0.340 e. The Bertz CT molecular complexity index is 767. The van der Waals surface area contributed by atoms with Gasteiger partial charge in [-0.1, -0.05) is 18.2 Å². The Morgan fingerprint density at radius 3 is 2.71 bits per heavy atom. The summed E-state index contributed by atoms with van der Waals surface area (Å²) in [6, 6.07) is 4.38. The van der Waals surface area contributed by atoms with E-state index < -0.39 is 16.0 Å². The van der Waals surface area contributed by atoms with Crippen LogP contribution >= 0.6 is 0 Å². The predicted molar refractivity (Wildman–Crippen MR) is 93.6 cm³/mol. The number of ether oxygens (including phenoxy) is 1. The van der Waals surface area contributed by atoms with Crippen LogP contribution in [0.4, 0.5) is 5.69 Å². The van der Waals surface area contributed by atoms with Gasteiger partial charge in [0.2, 0.25) is 10.0 Å². The molecular formula is C17H22N2O4S. The Morgan fingerprint density at radius 2 is 2.08 bits per heavy atom. The summed E-state index contributed by atoms with van der Waals surface area (Å²) in [7, 11) is -2.30. The van der Waals surface area contributed by atoms with Gasteiger partial charge in [-0.25, -0.2) is 17.9 Å². The van der Waals surface area contributed by atoms with Gasteiger partial charge in [0.05, 0.1) is 17.1 Å². The Balaban J connectivity index is 2.30. The van der Waals surface area contributed by atoms with Gasteiger partial charge in [0.15, 0.2) is 0 Å². The van der Waals surface area contributed by atoms with E-state index >= 15 is 0 Å². The van der Waals surface area contributed by atoms with E-state index in [4.69, 9.17) is 4.74 Å². The number of anilines is 1. The van der Waals surface area contributed by atoms with Crippen molar-refractivity contribution in [3.63, 3.8) is 0 Å². The smallest absolute Gasteiger partial charge is 0.340 e. The number of hydrogen-bond acceptors (Lipinski definition) is 5.